The Morgan fingerprint density at radius 2 is 1.72 bits per heavy atom. The second-order valence-corrected chi connectivity index (χ2v) is 18.7. The smallest absolute Gasteiger partial charge is 0.862 e. The molecular formula is C34H54N2Na2O14S2. The summed E-state index contributed by atoms with van der Waals surface area (Å²) in [5, 5.41) is 56.2. The first kappa shape index (κ1) is 48.6. The van der Waals surface area contributed by atoms with Gasteiger partial charge in [0.15, 0.2) is 6.29 Å². The SMILES string of the molecule is CC([O-])=N[C@H]1[C@H](O[C@H]2C=C3C[C@@H](OS(=O)(=O)O)CC[C@]3(C)[C@H]3CC[C@]4(C)[C@@H]([C@H](C)CCC([O-])=NCCS(=O)(=O)O)CC[C@H]4[C@H]23)O[C@H](CO)[C@@H](O)[C@@H]1O.[Na+].[Na+]. The zero-order valence-electron chi connectivity index (χ0n) is 32.1. The Kier molecular flexibility index (Phi) is 17.2. The van der Waals surface area contributed by atoms with E-state index >= 15 is 0 Å². The van der Waals surface area contributed by atoms with Gasteiger partial charge < -0.3 is 40.0 Å². The molecule has 0 unspecified atom stereocenters. The third kappa shape index (κ3) is 10.9. The number of fused-ring (bicyclic) bond motifs is 5. The molecule has 0 aromatic rings. The van der Waals surface area contributed by atoms with Gasteiger partial charge in [-0.15, -0.1) is 0 Å². The van der Waals surface area contributed by atoms with Crippen LogP contribution in [-0.2, 0) is 34.2 Å². The maximum absolute atomic E-state index is 12.5. The molecule has 20 heteroatoms. The van der Waals surface area contributed by atoms with E-state index in [4.69, 9.17) is 18.2 Å². The molecule has 0 spiro atoms. The van der Waals surface area contributed by atoms with E-state index in [-0.39, 0.29) is 119 Å². The van der Waals surface area contributed by atoms with Gasteiger partial charge in [0.2, 0.25) is 0 Å². The van der Waals surface area contributed by atoms with Gasteiger partial charge in [-0.05, 0) is 117 Å². The summed E-state index contributed by atoms with van der Waals surface area (Å²) < 4.78 is 81.5. The molecule has 5 rings (SSSR count). The molecule has 0 aromatic carbocycles. The number of aliphatic hydroxyl groups excluding tert-OH is 3. The summed E-state index contributed by atoms with van der Waals surface area (Å²) in [5.74, 6) is -1.13. The Hall–Kier alpha value is 0.260. The average Bonchev–Trinajstić information content (AvgIpc) is 3.39. The predicted octanol–water partition coefficient (Wildman–Crippen LogP) is -5.59. The second kappa shape index (κ2) is 19.1. The summed E-state index contributed by atoms with van der Waals surface area (Å²) in [5.41, 5.74) is 0.404. The van der Waals surface area contributed by atoms with Crippen LogP contribution in [0.1, 0.15) is 85.5 Å². The Bertz CT molecular complexity index is 1610. The first-order chi connectivity index (χ1) is 24.2. The molecule has 3 saturated carbocycles. The van der Waals surface area contributed by atoms with Crippen molar-refractivity contribution in [2.75, 3.05) is 18.9 Å². The van der Waals surface area contributed by atoms with Crippen molar-refractivity contribution in [1.82, 2.24) is 0 Å². The summed E-state index contributed by atoms with van der Waals surface area (Å²) in [7, 11) is -8.91. The van der Waals surface area contributed by atoms with Gasteiger partial charge >= 0.3 is 69.5 Å². The standard InChI is InChI=1S/C34H56N2O14S2.2Na/c1-18(5-8-27(39)35-13-14-51(42,43)44)22-6-7-23-28-24(10-12-34(22,23)4)33(3)11-9-21(50-52(45,46)47)15-20(33)16-25(28)48-32-29(36-19(2)38)31(41)30(40)26(17-37)49-32;;/h16,18,21-26,28-32,37,40-41H,5-15,17H2,1-4H3,(H,35,39)(H,36,38)(H,42,43,44)(H,45,46,47);;/q;2*+1/p-2/t18-,21+,22-,23+,24+,25+,26-,28+,29-,30-,31-,32-,33+,34-;;/m1../s1. The zero-order chi connectivity index (χ0) is 38.4. The molecular weight excluding hydrogens is 770 g/mol. The summed E-state index contributed by atoms with van der Waals surface area (Å²) in [4.78, 5) is 7.82. The summed E-state index contributed by atoms with van der Waals surface area (Å²) >= 11 is 0. The quantitative estimate of drug-likeness (QED) is 0.0382. The van der Waals surface area contributed by atoms with Crippen LogP contribution >= 0.6 is 0 Å². The average molecular weight is 825 g/mol. The number of hydrogen-bond acceptors (Lipinski definition) is 14. The molecule has 54 heavy (non-hydrogen) atoms. The maximum Gasteiger partial charge on any atom is 1.00 e. The number of rotatable bonds is 13. The van der Waals surface area contributed by atoms with E-state index in [2.05, 4.69) is 30.8 Å². The van der Waals surface area contributed by atoms with Crippen LogP contribution in [0.5, 0.6) is 0 Å². The van der Waals surface area contributed by atoms with Gasteiger partial charge in [-0.2, -0.15) is 16.8 Å². The molecule has 5 N–H and O–H groups in total. The molecule has 4 aliphatic carbocycles. The van der Waals surface area contributed by atoms with Crippen LogP contribution in [-0.4, -0.2) is 115 Å². The van der Waals surface area contributed by atoms with E-state index in [1.165, 1.54) is 6.92 Å². The van der Waals surface area contributed by atoms with E-state index in [0.717, 1.165) is 31.3 Å². The third-order valence-electron chi connectivity index (χ3n) is 13.0. The minimum absolute atomic E-state index is 0. The Morgan fingerprint density at radius 3 is 2.33 bits per heavy atom. The van der Waals surface area contributed by atoms with E-state index in [1.807, 2.05) is 6.08 Å². The Balaban J connectivity index is 0.00000392. The fraction of sp³-hybridized carbons (Fsp3) is 0.882. The van der Waals surface area contributed by atoms with Crippen LogP contribution in [0.3, 0.4) is 0 Å². The van der Waals surface area contributed by atoms with E-state index in [1.54, 1.807) is 0 Å². The normalized spacial score (nSPS) is 40.6. The molecule has 1 saturated heterocycles. The molecule has 0 bridgehead atoms. The molecule has 1 heterocycles. The van der Waals surface area contributed by atoms with E-state index < -0.39 is 87.5 Å². The second-order valence-electron chi connectivity index (χ2n) is 16.0. The van der Waals surface area contributed by atoms with Crippen molar-refractivity contribution in [2.45, 2.75) is 128 Å². The van der Waals surface area contributed by atoms with Gasteiger partial charge in [-0.3, -0.25) is 14.1 Å². The minimum Gasteiger partial charge on any atom is -0.862 e. The van der Waals surface area contributed by atoms with Crippen molar-refractivity contribution >= 4 is 32.3 Å². The van der Waals surface area contributed by atoms with Crippen molar-refractivity contribution in [1.29, 1.82) is 0 Å². The zero-order valence-corrected chi connectivity index (χ0v) is 37.7. The summed E-state index contributed by atoms with van der Waals surface area (Å²) in [6, 6.07) is -1.28. The van der Waals surface area contributed by atoms with Crippen LogP contribution in [0.2, 0.25) is 0 Å². The van der Waals surface area contributed by atoms with Gasteiger partial charge in [0.25, 0.3) is 10.1 Å². The van der Waals surface area contributed by atoms with Crippen LogP contribution in [0, 0.1) is 40.4 Å². The molecule has 5 aliphatic rings. The largest absolute Gasteiger partial charge is 1.00 e. The number of nitrogens with zero attached hydrogens (tertiary/aromatic N) is 2. The monoisotopic (exact) mass is 824 g/mol. The maximum atomic E-state index is 12.5. The molecule has 298 valence electrons. The summed E-state index contributed by atoms with van der Waals surface area (Å²) in [6.45, 7) is 6.87. The van der Waals surface area contributed by atoms with Crippen molar-refractivity contribution in [3.05, 3.63) is 11.6 Å². The van der Waals surface area contributed by atoms with Crippen LogP contribution in [0.15, 0.2) is 21.6 Å². The minimum atomic E-state index is -4.69. The van der Waals surface area contributed by atoms with Gasteiger partial charge in [-0.25, -0.2) is 4.18 Å². The van der Waals surface area contributed by atoms with Gasteiger partial charge in [0, 0.05) is 0 Å². The van der Waals surface area contributed by atoms with Gasteiger partial charge in [-0.1, -0.05) is 32.4 Å². The third-order valence-corrected chi connectivity index (χ3v) is 14.2. The van der Waals surface area contributed by atoms with Crippen molar-refractivity contribution < 1.29 is 124 Å². The number of hydrogen-bond donors (Lipinski definition) is 5. The van der Waals surface area contributed by atoms with Crippen molar-refractivity contribution in [3.63, 3.8) is 0 Å². The molecule has 0 aromatic heterocycles. The molecule has 4 fully saturated rings. The first-order valence-corrected chi connectivity index (χ1v) is 21.2. The van der Waals surface area contributed by atoms with E-state index in [0.29, 0.717) is 19.3 Å². The van der Waals surface area contributed by atoms with Gasteiger partial charge in [0.05, 0.1) is 31.1 Å². The number of aliphatic imine (C=N–C) groups is 2. The van der Waals surface area contributed by atoms with Crippen molar-refractivity contribution in [2.24, 2.45) is 50.4 Å². The van der Waals surface area contributed by atoms with E-state index in [9.17, 15) is 46.9 Å². The molecule has 0 radical (unpaired) electrons. The number of ether oxygens (including phenoxy) is 2. The van der Waals surface area contributed by atoms with Crippen LogP contribution in [0.4, 0.5) is 0 Å². The molecule has 0 amide bonds. The van der Waals surface area contributed by atoms with Crippen molar-refractivity contribution in [3.8, 4) is 0 Å². The van der Waals surface area contributed by atoms with Gasteiger partial charge in [0.1, 0.15) is 24.4 Å². The predicted molar refractivity (Wildman–Crippen MR) is 184 cm³/mol. The first-order valence-electron chi connectivity index (χ1n) is 18.2. The van der Waals surface area contributed by atoms with Crippen LogP contribution < -0.4 is 69.3 Å². The Labute approximate surface area is 362 Å². The molecule has 14 atom stereocenters. The Morgan fingerprint density at radius 1 is 1.04 bits per heavy atom. The topological polar surface area (TPSA) is 268 Å². The van der Waals surface area contributed by atoms with Crippen LogP contribution in [0.25, 0.3) is 0 Å². The summed E-state index contributed by atoms with van der Waals surface area (Å²) in [6.07, 6.45) is 0.375. The number of aliphatic hydroxyl groups is 3. The fourth-order valence-electron chi connectivity index (χ4n) is 10.5. The fourth-order valence-corrected chi connectivity index (χ4v) is 11.4. The molecule has 16 nitrogen and oxygen atoms in total. The molecule has 1 aliphatic heterocycles.